The number of hydrogen-bond donors (Lipinski definition) is 1. The molecule has 1 heterocycles. The van der Waals surface area contributed by atoms with Gasteiger partial charge in [-0.1, -0.05) is 28.1 Å². The molecule has 7 nitrogen and oxygen atoms in total. The summed E-state index contributed by atoms with van der Waals surface area (Å²) in [6.45, 7) is 4.21. The third-order valence-electron chi connectivity index (χ3n) is 5.44. The highest BCUT2D eigenvalue weighted by Gasteiger charge is 2.37. The van der Waals surface area contributed by atoms with Crippen molar-refractivity contribution in [3.8, 4) is 11.5 Å². The molecule has 4 amide bonds. The number of nitrogens with zero attached hydrogens (tertiary/aromatic N) is 1. The summed E-state index contributed by atoms with van der Waals surface area (Å²) >= 11 is 5.48. The molecular weight excluding hydrogens is 658 g/mol. The smallest absolute Gasteiger partial charge is 0.335 e. The number of nitrogens with one attached hydrogen (secondary N) is 1. The molecule has 1 N–H and O–H groups in total. The fraction of sp³-hybridized carbons (Fsp3) is 0.148. The predicted molar refractivity (Wildman–Crippen MR) is 149 cm³/mol. The van der Waals surface area contributed by atoms with Crippen molar-refractivity contribution in [3.05, 3.63) is 90.7 Å². The molecule has 4 rings (SSSR count). The first-order chi connectivity index (χ1) is 17.7. The molecule has 0 radical (unpaired) electrons. The van der Waals surface area contributed by atoms with Crippen LogP contribution in [0.4, 0.5) is 14.9 Å². The summed E-state index contributed by atoms with van der Waals surface area (Å²) in [4.78, 5) is 39.4. The van der Waals surface area contributed by atoms with E-state index in [1.54, 1.807) is 42.5 Å². The van der Waals surface area contributed by atoms with E-state index in [9.17, 15) is 18.8 Å². The zero-order valence-corrected chi connectivity index (χ0v) is 23.6. The molecule has 0 saturated carbocycles. The molecule has 0 unspecified atom stereocenters. The number of ether oxygens (including phenoxy) is 2. The number of amides is 4. The van der Waals surface area contributed by atoms with E-state index in [4.69, 9.17) is 9.47 Å². The molecule has 190 valence electrons. The molecule has 0 spiro atoms. The minimum absolute atomic E-state index is 0.196. The number of halogens is 3. The van der Waals surface area contributed by atoms with E-state index in [1.165, 1.54) is 18.2 Å². The van der Waals surface area contributed by atoms with Crippen LogP contribution in [-0.4, -0.2) is 24.5 Å². The lowest BCUT2D eigenvalue weighted by Gasteiger charge is -2.26. The second kappa shape index (κ2) is 11.4. The van der Waals surface area contributed by atoms with Gasteiger partial charge in [0.25, 0.3) is 11.8 Å². The molecular formula is C27H21BrFIN2O5. The van der Waals surface area contributed by atoms with Crippen LogP contribution in [0.15, 0.2) is 64.6 Å². The first-order valence-electron chi connectivity index (χ1n) is 11.2. The number of carbonyl (C=O) groups excluding carboxylic acids is 3. The Kier molecular flexibility index (Phi) is 8.28. The molecule has 3 aromatic carbocycles. The summed E-state index contributed by atoms with van der Waals surface area (Å²) < 4.78 is 26.4. The molecule has 1 aliphatic rings. The summed E-state index contributed by atoms with van der Waals surface area (Å²) in [6, 6.07) is 13.6. The average molecular weight is 679 g/mol. The van der Waals surface area contributed by atoms with Crippen LogP contribution in [0, 0.1) is 16.3 Å². The van der Waals surface area contributed by atoms with E-state index in [-0.39, 0.29) is 18.0 Å². The Balaban J connectivity index is 1.66. The lowest BCUT2D eigenvalue weighted by Crippen LogP contribution is -2.54. The number of anilines is 1. The molecule has 10 heteroatoms. The Morgan fingerprint density at radius 2 is 1.78 bits per heavy atom. The second-order valence-corrected chi connectivity index (χ2v) is 10.1. The Labute approximate surface area is 234 Å². The fourth-order valence-electron chi connectivity index (χ4n) is 3.64. The van der Waals surface area contributed by atoms with Gasteiger partial charge in [0.15, 0.2) is 11.5 Å². The van der Waals surface area contributed by atoms with Gasteiger partial charge in [0.1, 0.15) is 18.0 Å². The van der Waals surface area contributed by atoms with Crippen LogP contribution in [0.5, 0.6) is 11.5 Å². The van der Waals surface area contributed by atoms with Crippen molar-refractivity contribution in [1.82, 2.24) is 5.32 Å². The van der Waals surface area contributed by atoms with Crippen molar-refractivity contribution in [2.24, 2.45) is 0 Å². The lowest BCUT2D eigenvalue weighted by molar-refractivity contribution is -0.122. The van der Waals surface area contributed by atoms with Crippen molar-refractivity contribution in [2.75, 3.05) is 11.5 Å². The molecule has 0 aliphatic carbocycles. The Hall–Kier alpha value is -3.25. The van der Waals surface area contributed by atoms with E-state index < -0.39 is 17.8 Å². The average Bonchev–Trinajstić information content (AvgIpc) is 2.84. The van der Waals surface area contributed by atoms with Gasteiger partial charge in [-0.05, 0) is 102 Å². The van der Waals surface area contributed by atoms with Crippen LogP contribution < -0.4 is 19.7 Å². The monoisotopic (exact) mass is 678 g/mol. The van der Waals surface area contributed by atoms with E-state index in [0.717, 1.165) is 20.5 Å². The Morgan fingerprint density at radius 1 is 1.05 bits per heavy atom. The minimum atomic E-state index is -0.817. The molecule has 37 heavy (non-hydrogen) atoms. The molecule has 1 saturated heterocycles. The van der Waals surface area contributed by atoms with Crippen LogP contribution in [0.1, 0.15) is 23.6 Å². The SMILES string of the molecule is CCOc1cc(/C=C2\C(=O)NC(=O)N(c3ccc(Br)c(C)c3)C2=O)cc(I)c1OCc1ccc(F)cc1. The Morgan fingerprint density at radius 3 is 2.46 bits per heavy atom. The number of barbiturate groups is 1. The van der Waals surface area contributed by atoms with Crippen LogP contribution in [0.3, 0.4) is 0 Å². The zero-order valence-electron chi connectivity index (χ0n) is 19.8. The van der Waals surface area contributed by atoms with E-state index in [0.29, 0.717) is 32.9 Å². The Bertz CT molecular complexity index is 1430. The first-order valence-corrected chi connectivity index (χ1v) is 13.1. The van der Waals surface area contributed by atoms with Crippen molar-refractivity contribution in [1.29, 1.82) is 0 Å². The van der Waals surface area contributed by atoms with Crippen LogP contribution >= 0.6 is 38.5 Å². The lowest BCUT2D eigenvalue weighted by atomic mass is 10.1. The van der Waals surface area contributed by atoms with Crippen molar-refractivity contribution in [2.45, 2.75) is 20.5 Å². The van der Waals surface area contributed by atoms with Gasteiger partial charge in [-0.15, -0.1) is 0 Å². The molecule has 0 bridgehead atoms. The molecule has 0 aromatic heterocycles. The number of hydrogen-bond acceptors (Lipinski definition) is 5. The third-order valence-corrected chi connectivity index (χ3v) is 7.13. The van der Waals surface area contributed by atoms with Gasteiger partial charge < -0.3 is 9.47 Å². The molecule has 3 aromatic rings. The largest absolute Gasteiger partial charge is 0.490 e. The van der Waals surface area contributed by atoms with E-state index in [1.807, 2.05) is 13.8 Å². The van der Waals surface area contributed by atoms with Gasteiger partial charge in [-0.3, -0.25) is 14.9 Å². The number of aryl methyl sites for hydroxylation is 1. The van der Waals surface area contributed by atoms with Gasteiger partial charge in [-0.2, -0.15) is 0 Å². The molecule has 1 aliphatic heterocycles. The van der Waals surface area contributed by atoms with E-state index in [2.05, 4.69) is 43.8 Å². The number of urea groups is 1. The van der Waals surface area contributed by atoms with Gasteiger partial charge in [0, 0.05) is 4.47 Å². The van der Waals surface area contributed by atoms with Crippen LogP contribution in [0.25, 0.3) is 6.08 Å². The first kappa shape index (κ1) is 26.8. The summed E-state index contributed by atoms with van der Waals surface area (Å²) in [7, 11) is 0. The maximum atomic E-state index is 13.3. The van der Waals surface area contributed by atoms with Gasteiger partial charge in [0.05, 0.1) is 15.9 Å². The van der Waals surface area contributed by atoms with Gasteiger partial charge in [-0.25, -0.2) is 14.1 Å². The normalized spacial score (nSPS) is 14.7. The topological polar surface area (TPSA) is 84.9 Å². The summed E-state index contributed by atoms with van der Waals surface area (Å²) in [5, 5.41) is 2.23. The fourth-order valence-corrected chi connectivity index (χ4v) is 4.66. The highest BCUT2D eigenvalue weighted by molar-refractivity contribution is 14.1. The van der Waals surface area contributed by atoms with Crippen LogP contribution in [0.2, 0.25) is 0 Å². The molecule has 1 fully saturated rings. The number of benzene rings is 3. The van der Waals surface area contributed by atoms with Crippen LogP contribution in [-0.2, 0) is 16.2 Å². The highest BCUT2D eigenvalue weighted by Crippen LogP contribution is 2.36. The van der Waals surface area contributed by atoms with Gasteiger partial charge >= 0.3 is 6.03 Å². The summed E-state index contributed by atoms with van der Waals surface area (Å²) in [5.74, 6) is -0.952. The number of imide groups is 2. The standard InChI is InChI=1S/C27H21BrFIN2O5/c1-3-36-23-13-17(12-22(30)24(23)37-14-16-4-6-18(29)7-5-16)11-20-25(33)31-27(35)32(26(20)34)19-8-9-21(28)15(2)10-19/h4-13H,3,14H2,1-2H3,(H,31,33,35)/b20-11+. The summed E-state index contributed by atoms with van der Waals surface area (Å²) in [5.41, 5.74) is 2.27. The van der Waals surface area contributed by atoms with Crippen molar-refractivity contribution < 1.29 is 28.2 Å². The third kappa shape index (κ3) is 6.02. The minimum Gasteiger partial charge on any atom is -0.490 e. The highest BCUT2D eigenvalue weighted by atomic mass is 127. The number of rotatable bonds is 7. The van der Waals surface area contributed by atoms with Crippen molar-refractivity contribution >= 4 is 68.1 Å². The molecule has 0 atom stereocenters. The van der Waals surface area contributed by atoms with E-state index >= 15 is 0 Å². The van der Waals surface area contributed by atoms with Crippen molar-refractivity contribution in [3.63, 3.8) is 0 Å². The zero-order chi connectivity index (χ0) is 26.7. The maximum absolute atomic E-state index is 13.3. The predicted octanol–water partition coefficient (Wildman–Crippen LogP) is 6.15. The maximum Gasteiger partial charge on any atom is 0.335 e. The second-order valence-electron chi connectivity index (χ2n) is 8.07. The van der Waals surface area contributed by atoms with Gasteiger partial charge in [0.2, 0.25) is 0 Å². The number of carbonyl (C=O) groups is 3. The summed E-state index contributed by atoms with van der Waals surface area (Å²) in [6.07, 6.45) is 1.41. The quantitative estimate of drug-likeness (QED) is 0.184.